The molecule has 0 radical (unpaired) electrons. The van der Waals surface area contributed by atoms with Gasteiger partial charge in [0.05, 0.1) is 11.4 Å². The molecule has 0 aliphatic carbocycles. The zero-order chi connectivity index (χ0) is 14.9. The summed E-state index contributed by atoms with van der Waals surface area (Å²) < 4.78 is 1.60. The number of amides is 1. The summed E-state index contributed by atoms with van der Waals surface area (Å²) in [6.45, 7) is 4.53. The fraction of sp³-hybridized carbons (Fsp3) is 0.714. The minimum Gasteiger partial charge on any atom is -0.395 e. The SMILES string of the molecule is Cc1nn(C)c(C(=O)N2CCC(CN(C)C)CC2)c1N. The van der Waals surface area contributed by atoms with Crippen molar-refractivity contribution in [3.8, 4) is 0 Å². The maximum absolute atomic E-state index is 12.6. The van der Waals surface area contributed by atoms with Crippen molar-refractivity contribution in [2.45, 2.75) is 19.8 Å². The molecule has 6 nitrogen and oxygen atoms in total. The van der Waals surface area contributed by atoms with Crippen LogP contribution in [0.1, 0.15) is 29.0 Å². The third kappa shape index (κ3) is 2.95. The maximum Gasteiger partial charge on any atom is 0.274 e. The summed E-state index contributed by atoms with van der Waals surface area (Å²) in [6.07, 6.45) is 2.11. The molecule has 0 unspecified atom stereocenters. The molecule has 2 N–H and O–H groups in total. The van der Waals surface area contributed by atoms with Crippen LogP contribution in [0.5, 0.6) is 0 Å². The number of aryl methyl sites for hydroxylation is 2. The molecule has 0 aromatic carbocycles. The van der Waals surface area contributed by atoms with Gasteiger partial charge in [-0.25, -0.2) is 0 Å². The Bertz CT molecular complexity index is 486. The molecule has 0 spiro atoms. The van der Waals surface area contributed by atoms with Crippen LogP contribution in [-0.2, 0) is 7.05 Å². The molecule has 1 aliphatic rings. The summed E-state index contributed by atoms with van der Waals surface area (Å²) in [5, 5.41) is 4.22. The topological polar surface area (TPSA) is 67.4 Å². The van der Waals surface area contributed by atoms with Crippen LogP contribution in [0, 0.1) is 12.8 Å². The lowest BCUT2D eigenvalue weighted by Gasteiger charge is -2.33. The van der Waals surface area contributed by atoms with Crippen molar-refractivity contribution in [1.82, 2.24) is 19.6 Å². The molecule has 1 saturated heterocycles. The quantitative estimate of drug-likeness (QED) is 0.885. The first-order valence-electron chi connectivity index (χ1n) is 7.13. The summed E-state index contributed by atoms with van der Waals surface area (Å²) in [5.74, 6) is 0.688. The molecule has 0 bridgehead atoms. The van der Waals surface area contributed by atoms with E-state index in [2.05, 4.69) is 24.1 Å². The fourth-order valence-corrected chi connectivity index (χ4v) is 2.91. The minimum atomic E-state index is 0.00824. The van der Waals surface area contributed by atoms with Crippen molar-refractivity contribution in [3.63, 3.8) is 0 Å². The molecule has 1 aromatic rings. The smallest absolute Gasteiger partial charge is 0.274 e. The van der Waals surface area contributed by atoms with Crippen molar-refractivity contribution in [2.24, 2.45) is 13.0 Å². The molecule has 0 atom stereocenters. The molecule has 6 heteroatoms. The second kappa shape index (κ2) is 5.83. The van der Waals surface area contributed by atoms with E-state index in [1.807, 2.05) is 11.8 Å². The largest absolute Gasteiger partial charge is 0.395 e. The first kappa shape index (κ1) is 14.8. The normalized spacial score (nSPS) is 16.9. The van der Waals surface area contributed by atoms with Crippen LogP contribution in [0.25, 0.3) is 0 Å². The van der Waals surface area contributed by atoms with E-state index < -0.39 is 0 Å². The van der Waals surface area contributed by atoms with E-state index in [0.717, 1.165) is 38.2 Å². The van der Waals surface area contributed by atoms with Crippen molar-refractivity contribution < 1.29 is 4.79 Å². The first-order chi connectivity index (χ1) is 9.40. The number of carbonyl (C=O) groups excluding carboxylic acids is 1. The zero-order valence-corrected chi connectivity index (χ0v) is 12.9. The van der Waals surface area contributed by atoms with E-state index in [1.54, 1.807) is 11.7 Å². The van der Waals surface area contributed by atoms with Crippen LogP contribution in [0.3, 0.4) is 0 Å². The van der Waals surface area contributed by atoms with Crippen LogP contribution < -0.4 is 5.73 Å². The number of nitrogens with two attached hydrogens (primary N) is 1. The van der Waals surface area contributed by atoms with Crippen molar-refractivity contribution in [3.05, 3.63) is 11.4 Å². The monoisotopic (exact) mass is 279 g/mol. The molecular formula is C14H25N5O. The Kier molecular flexibility index (Phi) is 4.32. The molecule has 1 amide bonds. The average molecular weight is 279 g/mol. The highest BCUT2D eigenvalue weighted by Gasteiger charge is 2.27. The number of rotatable bonds is 3. The lowest BCUT2D eigenvalue weighted by Crippen LogP contribution is -2.41. The highest BCUT2D eigenvalue weighted by molar-refractivity contribution is 5.98. The van der Waals surface area contributed by atoms with Gasteiger partial charge in [-0.15, -0.1) is 0 Å². The lowest BCUT2D eigenvalue weighted by atomic mass is 9.96. The van der Waals surface area contributed by atoms with Crippen LogP contribution in [0.2, 0.25) is 0 Å². The van der Waals surface area contributed by atoms with Gasteiger partial charge in [0.1, 0.15) is 5.69 Å². The number of nitrogen functional groups attached to an aromatic ring is 1. The summed E-state index contributed by atoms with van der Waals surface area (Å²) in [5.41, 5.74) is 7.72. The predicted molar refractivity (Wildman–Crippen MR) is 79.5 cm³/mol. The number of anilines is 1. The van der Waals surface area contributed by atoms with E-state index in [-0.39, 0.29) is 5.91 Å². The Morgan fingerprint density at radius 2 is 2.00 bits per heavy atom. The average Bonchev–Trinajstić information content (AvgIpc) is 2.63. The van der Waals surface area contributed by atoms with Crippen molar-refractivity contribution in [2.75, 3.05) is 39.5 Å². The number of aromatic nitrogens is 2. The Morgan fingerprint density at radius 1 is 1.40 bits per heavy atom. The summed E-state index contributed by atoms with van der Waals surface area (Å²) in [4.78, 5) is 16.7. The summed E-state index contributed by atoms with van der Waals surface area (Å²) in [6, 6.07) is 0. The van der Waals surface area contributed by atoms with E-state index in [1.165, 1.54) is 0 Å². The van der Waals surface area contributed by atoms with Crippen LogP contribution in [0.4, 0.5) is 5.69 Å². The highest BCUT2D eigenvalue weighted by Crippen LogP contribution is 2.22. The Balaban J connectivity index is 2.02. The molecule has 2 heterocycles. The highest BCUT2D eigenvalue weighted by atomic mass is 16.2. The third-order valence-electron chi connectivity index (χ3n) is 4.00. The molecule has 1 fully saturated rings. The Morgan fingerprint density at radius 3 is 2.45 bits per heavy atom. The van der Waals surface area contributed by atoms with E-state index in [9.17, 15) is 4.79 Å². The summed E-state index contributed by atoms with van der Waals surface area (Å²) >= 11 is 0. The number of nitrogens with zero attached hydrogens (tertiary/aromatic N) is 4. The van der Waals surface area contributed by atoms with Crippen LogP contribution >= 0.6 is 0 Å². The van der Waals surface area contributed by atoms with Gasteiger partial charge < -0.3 is 15.5 Å². The molecule has 1 aromatic heterocycles. The fourth-order valence-electron chi connectivity index (χ4n) is 2.91. The van der Waals surface area contributed by atoms with Gasteiger partial charge in [-0.2, -0.15) is 5.10 Å². The van der Waals surface area contributed by atoms with Gasteiger partial charge in [-0.05, 0) is 39.8 Å². The van der Waals surface area contributed by atoms with Gasteiger partial charge in [-0.1, -0.05) is 0 Å². The Hall–Kier alpha value is -1.56. The number of carbonyl (C=O) groups is 1. The zero-order valence-electron chi connectivity index (χ0n) is 12.9. The molecule has 1 aliphatic heterocycles. The molecule has 2 rings (SSSR count). The first-order valence-corrected chi connectivity index (χ1v) is 7.13. The molecule has 0 saturated carbocycles. The number of hydrogen-bond donors (Lipinski definition) is 1. The Labute approximate surface area is 120 Å². The van der Waals surface area contributed by atoms with Gasteiger partial charge in [0.25, 0.3) is 5.91 Å². The lowest BCUT2D eigenvalue weighted by molar-refractivity contribution is 0.0668. The number of hydrogen-bond acceptors (Lipinski definition) is 4. The number of likely N-dealkylation sites (tertiary alicyclic amines) is 1. The molecular weight excluding hydrogens is 254 g/mol. The van der Waals surface area contributed by atoms with E-state index in [4.69, 9.17) is 5.73 Å². The van der Waals surface area contributed by atoms with Gasteiger partial charge in [0, 0.05) is 26.7 Å². The second-order valence-corrected chi connectivity index (χ2v) is 5.97. The van der Waals surface area contributed by atoms with E-state index in [0.29, 0.717) is 17.3 Å². The van der Waals surface area contributed by atoms with Crippen LogP contribution in [0.15, 0.2) is 0 Å². The maximum atomic E-state index is 12.6. The van der Waals surface area contributed by atoms with Crippen molar-refractivity contribution in [1.29, 1.82) is 0 Å². The molecule has 112 valence electrons. The minimum absolute atomic E-state index is 0.00824. The van der Waals surface area contributed by atoms with Crippen LogP contribution in [-0.4, -0.2) is 59.2 Å². The third-order valence-corrected chi connectivity index (χ3v) is 4.00. The van der Waals surface area contributed by atoms with E-state index >= 15 is 0 Å². The van der Waals surface area contributed by atoms with Gasteiger partial charge >= 0.3 is 0 Å². The van der Waals surface area contributed by atoms with Gasteiger partial charge in [0.15, 0.2) is 0 Å². The standard InChI is InChI=1S/C14H25N5O/c1-10-12(15)13(18(4)16-10)14(20)19-7-5-11(6-8-19)9-17(2)3/h11H,5-9,15H2,1-4H3. The molecule has 20 heavy (non-hydrogen) atoms. The second-order valence-electron chi connectivity index (χ2n) is 5.97. The van der Waals surface area contributed by atoms with Gasteiger partial charge in [0.2, 0.25) is 0 Å². The summed E-state index contributed by atoms with van der Waals surface area (Å²) in [7, 11) is 5.96. The van der Waals surface area contributed by atoms with Gasteiger partial charge in [-0.3, -0.25) is 9.48 Å². The predicted octanol–water partition coefficient (Wildman–Crippen LogP) is 0.725. The number of piperidine rings is 1. The van der Waals surface area contributed by atoms with Crippen molar-refractivity contribution >= 4 is 11.6 Å².